The number of carbonyl (C=O) groups excluding carboxylic acids is 3. The molecular formula is C43H70O11. The van der Waals surface area contributed by atoms with Crippen LogP contribution in [0.1, 0.15) is 133 Å². The van der Waals surface area contributed by atoms with E-state index in [1.807, 2.05) is 48.5 Å². The van der Waals surface area contributed by atoms with Crippen molar-refractivity contribution in [1.82, 2.24) is 0 Å². The van der Waals surface area contributed by atoms with Gasteiger partial charge in [-0.2, -0.15) is 0 Å². The smallest absolute Gasteiger partial charge is 0.311 e. The Labute approximate surface area is 323 Å². The number of Topliss-reactive ketones (excluding diaryl/α,β-unsaturated/α-hetero) is 1. The molecule has 4 fully saturated rings. The molecule has 5 aliphatic rings. The van der Waals surface area contributed by atoms with Crippen LogP contribution in [0.15, 0.2) is 12.2 Å². The van der Waals surface area contributed by atoms with Crippen LogP contribution in [0.4, 0.5) is 0 Å². The first-order valence-corrected chi connectivity index (χ1v) is 21.0. The fourth-order valence-corrected chi connectivity index (χ4v) is 10.5. The highest BCUT2D eigenvalue weighted by molar-refractivity contribution is 5.97. The molecule has 0 radical (unpaired) electrons. The van der Waals surface area contributed by atoms with E-state index in [9.17, 15) is 24.6 Å². The van der Waals surface area contributed by atoms with Crippen LogP contribution < -0.4 is 0 Å². The molecule has 17 atom stereocenters. The topological polar surface area (TPSA) is 147 Å². The number of methoxy groups -OCH3 is 1. The van der Waals surface area contributed by atoms with Crippen molar-refractivity contribution in [1.29, 1.82) is 0 Å². The first-order valence-electron chi connectivity index (χ1n) is 21.0. The van der Waals surface area contributed by atoms with Gasteiger partial charge in [0.15, 0.2) is 5.79 Å². The number of carbonyl (C=O) groups is 3. The minimum atomic E-state index is -1.56. The van der Waals surface area contributed by atoms with E-state index < -0.39 is 46.8 Å². The molecule has 0 aliphatic carbocycles. The molecule has 2 N–H and O–H groups in total. The molecule has 0 amide bonds. The zero-order valence-electron chi connectivity index (χ0n) is 34.8. The number of esters is 1. The van der Waals surface area contributed by atoms with Crippen molar-refractivity contribution in [3.05, 3.63) is 12.2 Å². The Hall–Kier alpha value is -1.73. The van der Waals surface area contributed by atoms with Crippen molar-refractivity contribution in [2.45, 2.75) is 193 Å². The van der Waals surface area contributed by atoms with Crippen LogP contribution in [-0.4, -0.2) is 94.3 Å². The van der Waals surface area contributed by atoms with Crippen molar-refractivity contribution in [2.24, 2.45) is 41.4 Å². The van der Waals surface area contributed by atoms with Crippen LogP contribution in [0.25, 0.3) is 0 Å². The van der Waals surface area contributed by atoms with Gasteiger partial charge in [-0.25, -0.2) is 0 Å². The van der Waals surface area contributed by atoms with E-state index in [2.05, 4.69) is 13.8 Å². The van der Waals surface area contributed by atoms with Crippen LogP contribution in [-0.2, 0) is 42.8 Å². The van der Waals surface area contributed by atoms with Crippen LogP contribution in [0.5, 0.6) is 0 Å². The number of ether oxygens (including phenoxy) is 6. The highest BCUT2D eigenvalue weighted by Crippen LogP contribution is 2.53. The van der Waals surface area contributed by atoms with E-state index in [4.69, 9.17) is 28.4 Å². The molecule has 11 nitrogen and oxygen atoms in total. The second-order valence-electron chi connectivity index (χ2n) is 17.9. The summed E-state index contributed by atoms with van der Waals surface area (Å²) < 4.78 is 38.5. The Kier molecular flexibility index (Phi) is 13.4. The van der Waals surface area contributed by atoms with Crippen molar-refractivity contribution >= 4 is 17.5 Å². The van der Waals surface area contributed by atoms with Crippen LogP contribution in [0, 0.1) is 41.4 Å². The molecule has 11 heteroatoms. The van der Waals surface area contributed by atoms with Gasteiger partial charge in [0.2, 0.25) is 11.6 Å². The maximum atomic E-state index is 14.5. The molecule has 308 valence electrons. The van der Waals surface area contributed by atoms with Gasteiger partial charge in [-0.3, -0.25) is 14.4 Å². The molecule has 5 heterocycles. The Morgan fingerprint density at radius 2 is 1.61 bits per heavy atom. The van der Waals surface area contributed by atoms with Crippen LogP contribution in [0.3, 0.4) is 0 Å². The lowest BCUT2D eigenvalue weighted by Gasteiger charge is -2.53. The predicted octanol–water partition coefficient (Wildman–Crippen LogP) is 6.48. The number of aliphatic hydroxyl groups is 2. The summed E-state index contributed by atoms with van der Waals surface area (Å²) in [6.45, 7) is 19.7. The summed E-state index contributed by atoms with van der Waals surface area (Å²) in [5.74, 6) is -5.45. The summed E-state index contributed by atoms with van der Waals surface area (Å²) >= 11 is 0. The Balaban J connectivity index is 1.31. The minimum absolute atomic E-state index is 0.00262. The van der Waals surface area contributed by atoms with Gasteiger partial charge < -0.3 is 38.6 Å². The minimum Gasteiger partial charge on any atom is -0.469 e. The van der Waals surface area contributed by atoms with Crippen molar-refractivity contribution in [3.63, 3.8) is 0 Å². The molecule has 0 aromatic heterocycles. The molecule has 4 saturated heterocycles. The fourth-order valence-electron chi connectivity index (χ4n) is 10.5. The van der Waals surface area contributed by atoms with Crippen LogP contribution >= 0.6 is 0 Å². The zero-order chi connectivity index (χ0) is 40.0. The maximum Gasteiger partial charge on any atom is 0.311 e. The average Bonchev–Trinajstić information content (AvgIpc) is 3.50. The molecule has 2 spiro atoms. The Bertz CT molecular complexity index is 1380. The number of hydrogen-bond acceptors (Lipinski definition) is 11. The fraction of sp³-hybridized carbons (Fsp3) is 0.884. The van der Waals surface area contributed by atoms with Gasteiger partial charge in [0.25, 0.3) is 0 Å². The SMILES string of the molecule is CC[C@@H](C(=O)[C@@H](C)[C@@H](O)[C@H](C)[C@@H]1O[C@@H]([C@@H](CC)C(=O)OC)CC[C@@H]1C)[C@H]1O[C@]2(C=CC(=O)[C@]3(CC[C@@](C)([C@H]4CC[C@](O)(CC)[C@H](C)O4)O3)O2)[C@H](C)C[C@@H]1C. The quantitative estimate of drug-likeness (QED) is 0.211. The van der Waals surface area contributed by atoms with Gasteiger partial charge in [0, 0.05) is 30.1 Å². The highest BCUT2D eigenvalue weighted by atomic mass is 16.8. The third kappa shape index (κ3) is 7.90. The average molecular weight is 763 g/mol. The van der Waals surface area contributed by atoms with E-state index >= 15 is 0 Å². The highest BCUT2D eigenvalue weighted by Gasteiger charge is 2.63. The Morgan fingerprint density at radius 3 is 2.22 bits per heavy atom. The standard InChI is InChI=1S/C43H70O11/c1-12-30(39(47)49-11)32-16-15-24(4)37(51-32)28(8)35(45)27(7)36(46)31(13-2)38-25(5)23-26(6)42(52-38)20-17-33(44)43(54-42)22-21-40(10,53-43)34-18-19-41(48,14-3)29(9)50-34/h17,20,24-32,34-35,37-38,45,48H,12-16,18-19,21-23H2,1-11H3/t24-,25-,26+,27-,28-,29-,30+,31-,32+,34+,35+,37+,38-,40-,41+,42-,43-/m0/s1. The number of aliphatic hydroxyl groups excluding tert-OH is 1. The summed E-state index contributed by atoms with van der Waals surface area (Å²) in [5.41, 5.74) is -1.70. The summed E-state index contributed by atoms with van der Waals surface area (Å²) in [6, 6.07) is 0. The lowest BCUT2D eigenvalue weighted by molar-refractivity contribution is -0.378. The lowest BCUT2D eigenvalue weighted by Crippen LogP contribution is -2.62. The van der Waals surface area contributed by atoms with Crippen LogP contribution in [0.2, 0.25) is 0 Å². The van der Waals surface area contributed by atoms with Crippen molar-refractivity contribution in [3.8, 4) is 0 Å². The lowest BCUT2D eigenvalue weighted by atomic mass is 9.72. The summed E-state index contributed by atoms with van der Waals surface area (Å²) in [4.78, 5) is 40.7. The molecule has 0 aromatic rings. The number of hydrogen-bond donors (Lipinski definition) is 2. The molecular weight excluding hydrogens is 692 g/mol. The van der Waals surface area contributed by atoms with Crippen molar-refractivity contribution < 1.29 is 53.0 Å². The summed E-state index contributed by atoms with van der Waals surface area (Å²) in [5, 5.41) is 22.8. The summed E-state index contributed by atoms with van der Waals surface area (Å²) in [6.07, 6.45) is 6.43. The van der Waals surface area contributed by atoms with Gasteiger partial charge in [0.05, 0.1) is 60.9 Å². The Morgan fingerprint density at radius 1 is 0.926 bits per heavy atom. The largest absolute Gasteiger partial charge is 0.469 e. The van der Waals surface area contributed by atoms with E-state index in [1.165, 1.54) is 13.2 Å². The van der Waals surface area contributed by atoms with Crippen molar-refractivity contribution in [2.75, 3.05) is 7.11 Å². The molecule has 5 aliphatic heterocycles. The molecule has 0 bridgehead atoms. The van der Waals surface area contributed by atoms with E-state index in [0.29, 0.717) is 51.4 Å². The normalized spacial score (nSPS) is 44.1. The second-order valence-corrected chi connectivity index (χ2v) is 17.9. The molecule has 5 rings (SSSR count). The first-order chi connectivity index (χ1) is 25.3. The maximum absolute atomic E-state index is 14.5. The molecule has 0 unspecified atom stereocenters. The van der Waals surface area contributed by atoms with Gasteiger partial charge >= 0.3 is 5.97 Å². The zero-order valence-corrected chi connectivity index (χ0v) is 34.8. The van der Waals surface area contributed by atoms with E-state index in [-0.39, 0.29) is 71.5 Å². The molecule has 0 aromatic carbocycles. The van der Waals surface area contributed by atoms with E-state index in [0.717, 1.165) is 12.8 Å². The second kappa shape index (κ2) is 16.6. The first kappa shape index (κ1) is 43.4. The third-order valence-corrected chi connectivity index (χ3v) is 14.5. The predicted molar refractivity (Wildman–Crippen MR) is 202 cm³/mol. The van der Waals surface area contributed by atoms with Gasteiger partial charge in [-0.1, -0.05) is 55.4 Å². The molecule has 0 saturated carbocycles. The van der Waals surface area contributed by atoms with Gasteiger partial charge in [0.1, 0.15) is 5.78 Å². The van der Waals surface area contributed by atoms with E-state index in [1.54, 1.807) is 13.0 Å². The monoisotopic (exact) mass is 762 g/mol. The van der Waals surface area contributed by atoms with Gasteiger partial charge in [-0.05, 0) is 95.6 Å². The third-order valence-electron chi connectivity index (χ3n) is 14.5. The number of ketones is 2. The van der Waals surface area contributed by atoms with Gasteiger partial charge in [-0.15, -0.1) is 0 Å². The number of rotatable bonds is 12. The molecule has 54 heavy (non-hydrogen) atoms. The summed E-state index contributed by atoms with van der Waals surface area (Å²) in [7, 11) is 1.39.